The molecule has 1 atom stereocenters. The lowest BCUT2D eigenvalue weighted by atomic mass is 9.95. The van der Waals surface area contributed by atoms with Crippen LogP contribution in [0.4, 0.5) is 0 Å². The summed E-state index contributed by atoms with van der Waals surface area (Å²) in [4.78, 5) is 0. The minimum atomic E-state index is -0.938. The van der Waals surface area contributed by atoms with Gasteiger partial charge in [0.25, 0.3) is 0 Å². The van der Waals surface area contributed by atoms with E-state index in [4.69, 9.17) is 10.8 Å². The standard InChI is InChI=1S/C7H11NO2/c8-5-7(10)3-1-6(9)2-4-7/h1-3,9-10H,4-5,8H2. The monoisotopic (exact) mass is 141 g/mol. The van der Waals surface area contributed by atoms with E-state index < -0.39 is 5.60 Å². The molecule has 4 N–H and O–H groups in total. The van der Waals surface area contributed by atoms with Crippen LogP contribution in [0, 0.1) is 0 Å². The lowest BCUT2D eigenvalue weighted by Gasteiger charge is -2.22. The zero-order valence-electron chi connectivity index (χ0n) is 5.62. The molecule has 0 spiro atoms. The van der Waals surface area contributed by atoms with Gasteiger partial charge in [0.1, 0.15) is 5.76 Å². The molecule has 0 saturated heterocycles. The first kappa shape index (κ1) is 7.31. The molecule has 0 amide bonds. The second kappa shape index (κ2) is 2.44. The Kier molecular flexibility index (Phi) is 1.78. The largest absolute Gasteiger partial charge is 0.508 e. The Morgan fingerprint density at radius 3 is 2.80 bits per heavy atom. The fraction of sp³-hybridized carbons (Fsp3) is 0.429. The maximum atomic E-state index is 9.43. The lowest BCUT2D eigenvalue weighted by molar-refractivity contribution is 0.0999. The maximum absolute atomic E-state index is 9.43. The highest BCUT2D eigenvalue weighted by molar-refractivity contribution is 5.22. The molecule has 10 heavy (non-hydrogen) atoms. The smallest absolute Gasteiger partial charge is 0.111 e. The first-order valence-corrected chi connectivity index (χ1v) is 3.17. The summed E-state index contributed by atoms with van der Waals surface area (Å²) in [7, 11) is 0. The SMILES string of the molecule is NCC1(O)C=CC(O)=CC1. The molecule has 0 bridgehead atoms. The Hall–Kier alpha value is -0.800. The molecular weight excluding hydrogens is 130 g/mol. The first-order valence-electron chi connectivity index (χ1n) is 3.17. The van der Waals surface area contributed by atoms with Gasteiger partial charge < -0.3 is 15.9 Å². The number of hydrogen-bond donors (Lipinski definition) is 3. The summed E-state index contributed by atoms with van der Waals surface area (Å²) in [6.07, 6.45) is 4.91. The van der Waals surface area contributed by atoms with Crippen LogP contribution in [-0.4, -0.2) is 22.4 Å². The molecule has 1 rings (SSSR count). The van der Waals surface area contributed by atoms with Gasteiger partial charge in [0, 0.05) is 13.0 Å². The molecule has 0 aliphatic heterocycles. The zero-order chi connectivity index (χ0) is 7.61. The number of aliphatic hydroxyl groups excluding tert-OH is 1. The van der Waals surface area contributed by atoms with Crippen molar-refractivity contribution in [3.63, 3.8) is 0 Å². The maximum Gasteiger partial charge on any atom is 0.111 e. The molecule has 1 unspecified atom stereocenters. The highest BCUT2D eigenvalue weighted by Crippen LogP contribution is 2.17. The molecule has 1 aliphatic carbocycles. The van der Waals surface area contributed by atoms with E-state index in [1.165, 1.54) is 12.2 Å². The van der Waals surface area contributed by atoms with Gasteiger partial charge in [-0.2, -0.15) is 0 Å². The van der Waals surface area contributed by atoms with Crippen molar-refractivity contribution < 1.29 is 10.2 Å². The Morgan fingerprint density at radius 2 is 2.40 bits per heavy atom. The normalized spacial score (nSPS) is 32.0. The van der Waals surface area contributed by atoms with Gasteiger partial charge in [-0.1, -0.05) is 0 Å². The first-order chi connectivity index (χ1) is 4.66. The van der Waals surface area contributed by atoms with Crippen LogP contribution < -0.4 is 5.73 Å². The number of nitrogens with two attached hydrogens (primary N) is 1. The van der Waals surface area contributed by atoms with E-state index in [2.05, 4.69) is 0 Å². The van der Waals surface area contributed by atoms with Crippen LogP contribution >= 0.6 is 0 Å². The van der Waals surface area contributed by atoms with E-state index in [0.717, 1.165) is 0 Å². The van der Waals surface area contributed by atoms with Crippen molar-refractivity contribution in [3.05, 3.63) is 24.0 Å². The van der Waals surface area contributed by atoms with Gasteiger partial charge in [-0.05, 0) is 18.2 Å². The molecule has 0 radical (unpaired) electrons. The van der Waals surface area contributed by atoms with Crippen molar-refractivity contribution in [1.29, 1.82) is 0 Å². The minimum Gasteiger partial charge on any atom is -0.508 e. The fourth-order valence-corrected chi connectivity index (χ4v) is 0.809. The van der Waals surface area contributed by atoms with E-state index in [1.807, 2.05) is 0 Å². The van der Waals surface area contributed by atoms with Crippen LogP contribution in [0.15, 0.2) is 24.0 Å². The van der Waals surface area contributed by atoms with Gasteiger partial charge in [0.15, 0.2) is 0 Å². The summed E-state index contributed by atoms with van der Waals surface area (Å²) in [5.41, 5.74) is 4.33. The summed E-state index contributed by atoms with van der Waals surface area (Å²) >= 11 is 0. The molecule has 56 valence electrons. The summed E-state index contributed by atoms with van der Waals surface area (Å²) in [5, 5.41) is 18.3. The van der Waals surface area contributed by atoms with Gasteiger partial charge >= 0.3 is 0 Å². The number of aliphatic hydroxyl groups is 2. The molecule has 0 aromatic heterocycles. The number of hydrogen-bond acceptors (Lipinski definition) is 3. The van der Waals surface area contributed by atoms with Crippen LogP contribution in [0.2, 0.25) is 0 Å². The molecular formula is C7H11NO2. The predicted octanol–water partition coefficient (Wildman–Crippen LogP) is 0.0780. The van der Waals surface area contributed by atoms with Crippen molar-refractivity contribution in [2.24, 2.45) is 5.73 Å². The number of allylic oxidation sites excluding steroid dienone is 1. The van der Waals surface area contributed by atoms with E-state index in [1.54, 1.807) is 6.08 Å². The van der Waals surface area contributed by atoms with Gasteiger partial charge in [0.05, 0.1) is 5.60 Å². The Bertz CT molecular complexity index is 186. The molecule has 3 nitrogen and oxygen atoms in total. The summed E-state index contributed by atoms with van der Waals surface area (Å²) < 4.78 is 0. The van der Waals surface area contributed by atoms with Crippen molar-refractivity contribution in [1.82, 2.24) is 0 Å². The third-order valence-corrected chi connectivity index (χ3v) is 1.58. The molecule has 1 aliphatic rings. The quantitative estimate of drug-likeness (QED) is 0.484. The van der Waals surface area contributed by atoms with E-state index in [9.17, 15) is 5.11 Å². The van der Waals surface area contributed by atoms with E-state index >= 15 is 0 Å². The third-order valence-electron chi connectivity index (χ3n) is 1.58. The second-order valence-electron chi connectivity index (χ2n) is 2.47. The lowest BCUT2D eigenvalue weighted by Crippen LogP contribution is -2.36. The highest BCUT2D eigenvalue weighted by Gasteiger charge is 2.22. The van der Waals surface area contributed by atoms with Crippen LogP contribution in [0.3, 0.4) is 0 Å². The molecule has 3 heteroatoms. The highest BCUT2D eigenvalue weighted by atomic mass is 16.3. The minimum absolute atomic E-state index is 0.188. The zero-order valence-corrected chi connectivity index (χ0v) is 5.62. The van der Waals surface area contributed by atoms with Crippen LogP contribution in [0.1, 0.15) is 6.42 Å². The molecule has 0 fully saturated rings. The topological polar surface area (TPSA) is 66.5 Å². The Balaban J connectivity index is 2.67. The Morgan fingerprint density at radius 1 is 1.70 bits per heavy atom. The van der Waals surface area contributed by atoms with Crippen molar-refractivity contribution >= 4 is 0 Å². The van der Waals surface area contributed by atoms with Crippen LogP contribution in [0.25, 0.3) is 0 Å². The molecule has 0 aromatic rings. The predicted molar refractivity (Wildman–Crippen MR) is 38.5 cm³/mol. The van der Waals surface area contributed by atoms with Gasteiger partial charge in [-0.25, -0.2) is 0 Å². The Labute approximate surface area is 59.5 Å². The second-order valence-corrected chi connectivity index (χ2v) is 2.47. The number of rotatable bonds is 1. The van der Waals surface area contributed by atoms with E-state index in [0.29, 0.717) is 6.42 Å². The van der Waals surface area contributed by atoms with Gasteiger partial charge in [-0.15, -0.1) is 0 Å². The van der Waals surface area contributed by atoms with Crippen molar-refractivity contribution in [3.8, 4) is 0 Å². The average molecular weight is 141 g/mol. The summed E-state index contributed by atoms with van der Waals surface area (Å²) in [6.45, 7) is 0.188. The van der Waals surface area contributed by atoms with E-state index in [-0.39, 0.29) is 12.3 Å². The van der Waals surface area contributed by atoms with Gasteiger partial charge in [0.2, 0.25) is 0 Å². The van der Waals surface area contributed by atoms with Crippen molar-refractivity contribution in [2.45, 2.75) is 12.0 Å². The van der Waals surface area contributed by atoms with Crippen LogP contribution in [-0.2, 0) is 0 Å². The van der Waals surface area contributed by atoms with Crippen molar-refractivity contribution in [2.75, 3.05) is 6.54 Å². The molecule has 0 heterocycles. The fourth-order valence-electron chi connectivity index (χ4n) is 0.809. The van der Waals surface area contributed by atoms with Gasteiger partial charge in [-0.3, -0.25) is 0 Å². The van der Waals surface area contributed by atoms with Crippen LogP contribution in [0.5, 0.6) is 0 Å². The summed E-state index contributed by atoms with van der Waals surface area (Å²) in [6, 6.07) is 0. The molecule has 0 aromatic carbocycles. The molecule has 0 saturated carbocycles. The summed E-state index contributed by atoms with van der Waals surface area (Å²) in [5.74, 6) is 0.193. The average Bonchev–Trinajstić information content (AvgIpc) is 1.96. The third kappa shape index (κ3) is 1.37.